The lowest BCUT2D eigenvalue weighted by molar-refractivity contribution is -0.365. The van der Waals surface area contributed by atoms with Gasteiger partial charge in [-0.2, -0.15) is 0 Å². The normalized spacial score (nSPS) is 18.1. The van der Waals surface area contributed by atoms with Crippen LogP contribution in [0.4, 0.5) is 10.1 Å². The number of nitrogens with one attached hydrogen (secondary N) is 2. The number of likely N-dealkylation sites (N-methyl/N-ethyl adjacent to an activating group) is 1. The zero-order chi connectivity index (χ0) is 30.2. The van der Waals surface area contributed by atoms with E-state index < -0.39 is 58.6 Å². The maximum Gasteiger partial charge on any atom is 0.281 e. The van der Waals surface area contributed by atoms with Crippen molar-refractivity contribution >= 4 is 23.8 Å². The van der Waals surface area contributed by atoms with Gasteiger partial charge in [-0.3, -0.25) is 24.2 Å². The SMILES string of the molecule is CNC(=O)C(N1C(=O)c2cccc(NCc3ccc(CN4CCOCC4)cc3F)c2C1(O)O)C(O)(O)C(O)(O)C=O. The van der Waals surface area contributed by atoms with Crippen LogP contribution < -0.4 is 10.6 Å². The van der Waals surface area contributed by atoms with Gasteiger partial charge in [-0.05, 0) is 23.8 Å². The van der Waals surface area contributed by atoms with Crippen LogP contribution in [0.3, 0.4) is 0 Å². The minimum Gasteiger partial charge on any atom is -0.380 e. The number of fused-ring (bicyclic) bond motifs is 1. The molecule has 1 saturated heterocycles. The van der Waals surface area contributed by atoms with Crippen LogP contribution in [-0.4, -0.2) is 110 Å². The molecular weight excluding hydrogens is 547 g/mol. The molecule has 1 unspecified atom stereocenters. The summed E-state index contributed by atoms with van der Waals surface area (Å²) in [5.74, 6) is -14.9. The lowest BCUT2D eigenvalue weighted by Gasteiger charge is -2.43. The molecule has 14 nitrogen and oxygen atoms in total. The second-order valence-corrected chi connectivity index (χ2v) is 9.79. The zero-order valence-electron chi connectivity index (χ0n) is 22.0. The second kappa shape index (κ2) is 11.4. The highest BCUT2D eigenvalue weighted by Gasteiger charge is 2.65. The van der Waals surface area contributed by atoms with Crippen LogP contribution in [0, 0.1) is 5.82 Å². The molecule has 1 atom stereocenters. The number of ether oxygens (including phenoxy) is 1. The number of hydrogen-bond acceptors (Lipinski definition) is 12. The molecule has 2 aromatic rings. The summed E-state index contributed by atoms with van der Waals surface area (Å²) in [4.78, 5) is 39.1. The number of halogens is 1. The van der Waals surface area contributed by atoms with Crippen LogP contribution in [0.1, 0.15) is 27.0 Å². The Balaban J connectivity index is 1.62. The Kier molecular flexibility index (Phi) is 8.45. The molecule has 2 amide bonds. The van der Waals surface area contributed by atoms with Gasteiger partial charge in [-0.15, -0.1) is 0 Å². The average Bonchev–Trinajstić information content (AvgIpc) is 3.14. The number of amides is 2. The molecule has 0 aliphatic carbocycles. The monoisotopic (exact) mass is 578 g/mol. The summed E-state index contributed by atoms with van der Waals surface area (Å²) in [6.07, 6.45) is -0.708. The van der Waals surface area contributed by atoms with Crippen LogP contribution >= 0.6 is 0 Å². The number of anilines is 1. The number of hydrogen-bond donors (Lipinski definition) is 8. The summed E-state index contributed by atoms with van der Waals surface area (Å²) >= 11 is 0. The van der Waals surface area contributed by atoms with Crippen molar-refractivity contribution in [3.8, 4) is 0 Å². The predicted molar refractivity (Wildman–Crippen MR) is 137 cm³/mol. The number of benzene rings is 2. The van der Waals surface area contributed by atoms with E-state index in [9.17, 15) is 49.4 Å². The molecule has 41 heavy (non-hydrogen) atoms. The van der Waals surface area contributed by atoms with Crippen molar-refractivity contribution in [3.05, 3.63) is 64.5 Å². The number of aliphatic hydroxyl groups is 6. The van der Waals surface area contributed by atoms with Gasteiger partial charge < -0.3 is 46.0 Å². The Labute approximate surface area is 233 Å². The molecule has 0 saturated carbocycles. The fourth-order valence-electron chi connectivity index (χ4n) is 4.87. The van der Waals surface area contributed by atoms with Crippen molar-refractivity contribution in [2.24, 2.45) is 0 Å². The summed E-state index contributed by atoms with van der Waals surface area (Å²) in [5, 5.41) is 67.6. The first-order chi connectivity index (χ1) is 19.3. The molecule has 0 aromatic heterocycles. The molecule has 0 radical (unpaired) electrons. The Morgan fingerprint density at radius 2 is 1.85 bits per heavy atom. The summed E-state index contributed by atoms with van der Waals surface area (Å²) in [6.45, 7) is 3.02. The van der Waals surface area contributed by atoms with E-state index >= 15 is 0 Å². The van der Waals surface area contributed by atoms with Crippen LogP contribution in [0.2, 0.25) is 0 Å². The van der Waals surface area contributed by atoms with E-state index in [1.54, 1.807) is 12.1 Å². The largest absolute Gasteiger partial charge is 0.380 e. The standard InChI is InChI=1S/C26H31FN4O10/c1-28-22(33)21(25(37,38)24(35,36)14-32)31-23(34)17-3-2-4-19(20(17)26(31,39)40)29-12-16-6-5-15(11-18(16)27)13-30-7-9-41-10-8-30/h2-6,11,14,21,29,35-40H,7-10,12-13H2,1H3,(H,28,33). The lowest BCUT2D eigenvalue weighted by Crippen LogP contribution is -2.73. The Hall–Kier alpha value is -3.54. The summed E-state index contributed by atoms with van der Waals surface area (Å²) in [6, 6.07) is 5.69. The van der Waals surface area contributed by atoms with Gasteiger partial charge in [-0.1, -0.05) is 18.2 Å². The number of nitrogens with zero attached hydrogens (tertiary/aromatic N) is 2. The smallest absolute Gasteiger partial charge is 0.281 e. The highest BCUT2D eigenvalue weighted by atomic mass is 19.1. The van der Waals surface area contributed by atoms with Crippen molar-refractivity contribution in [2.75, 3.05) is 38.7 Å². The lowest BCUT2D eigenvalue weighted by atomic mass is 9.95. The molecule has 2 aliphatic rings. The molecule has 4 rings (SSSR count). The molecule has 2 heterocycles. The first-order valence-corrected chi connectivity index (χ1v) is 12.6. The summed E-state index contributed by atoms with van der Waals surface area (Å²) in [5.41, 5.74) is -0.0758. The summed E-state index contributed by atoms with van der Waals surface area (Å²) in [7, 11) is 0.987. The zero-order valence-corrected chi connectivity index (χ0v) is 22.0. The van der Waals surface area contributed by atoms with Crippen molar-refractivity contribution < 1.29 is 54.2 Å². The molecule has 2 aromatic carbocycles. The van der Waals surface area contributed by atoms with E-state index in [2.05, 4.69) is 10.2 Å². The van der Waals surface area contributed by atoms with E-state index in [0.717, 1.165) is 31.8 Å². The predicted octanol–water partition coefficient (Wildman–Crippen LogP) is -2.50. The quantitative estimate of drug-likeness (QED) is 0.109. The number of morpholine rings is 1. The Bertz CT molecular complexity index is 1330. The molecule has 222 valence electrons. The van der Waals surface area contributed by atoms with E-state index in [0.29, 0.717) is 19.8 Å². The number of aldehydes is 1. The van der Waals surface area contributed by atoms with Crippen molar-refractivity contribution in [2.45, 2.75) is 36.6 Å². The highest BCUT2D eigenvalue weighted by molar-refractivity contribution is 6.04. The van der Waals surface area contributed by atoms with Crippen LogP contribution in [0.25, 0.3) is 0 Å². The van der Waals surface area contributed by atoms with Crippen molar-refractivity contribution in [3.63, 3.8) is 0 Å². The molecule has 2 aliphatic heterocycles. The highest BCUT2D eigenvalue weighted by Crippen LogP contribution is 2.43. The van der Waals surface area contributed by atoms with Gasteiger partial charge >= 0.3 is 0 Å². The third-order valence-electron chi connectivity index (χ3n) is 7.12. The topological polar surface area (TPSA) is 212 Å². The summed E-state index contributed by atoms with van der Waals surface area (Å²) < 4.78 is 20.3. The van der Waals surface area contributed by atoms with Crippen molar-refractivity contribution in [1.82, 2.24) is 15.1 Å². The maximum absolute atomic E-state index is 14.9. The van der Waals surface area contributed by atoms with E-state index in [1.807, 2.05) is 5.32 Å². The molecule has 1 fully saturated rings. The van der Waals surface area contributed by atoms with Crippen molar-refractivity contribution in [1.29, 1.82) is 0 Å². The molecular formula is C26H31FN4O10. The van der Waals surface area contributed by atoms with E-state index in [-0.39, 0.29) is 22.7 Å². The van der Waals surface area contributed by atoms with E-state index in [4.69, 9.17) is 4.74 Å². The Morgan fingerprint density at radius 3 is 2.46 bits per heavy atom. The third kappa shape index (κ3) is 5.53. The number of carbonyl (C=O) groups excluding carboxylic acids is 3. The van der Waals surface area contributed by atoms with E-state index in [1.165, 1.54) is 18.2 Å². The van der Waals surface area contributed by atoms with Gasteiger partial charge in [0.2, 0.25) is 5.91 Å². The van der Waals surface area contributed by atoms with Gasteiger partial charge in [0, 0.05) is 44.5 Å². The second-order valence-electron chi connectivity index (χ2n) is 9.79. The van der Waals surface area contributed by atoms with Gasteiger partial charge in [0.25, 0.3) is 23.4 Å². The van der Waals surface area contributed by atoms with Crippen LogP contribution in [-0.2, 0) is 33.3 Å². The Morgan fingerprint density at radius 1 is 1.17 bits per heavy atom. The fraction of sp³-hybridized carbons (Fsp3) is 0.423. The van der Waals surface area contributed by atoms with Gasteiger partial charge in [-0.25, -0.2) is 4.39 Å². The van der Waals surface area contributed by atoms with Gasteiger partial charge in [0.05, 0.1) is 24.3 Å². The number of carbonyl (C=O) groups is 3. The minimum atomic E-state index is -4.11. The molecule has 15 heteroatoms. The fourth-order valence-corrected chi connectivity index (χ4v) is 4.87. The third-order valence-corrected chi connectivity index (χ3v) is 7.12. The first-order valence-electron chi connectivity index (χ1n) is 12.6. The van der Waals surface area contributed by atoms with Crippen LogP contribution in [0.5, 0.6) is 0 Å². The van der Waals surface area contributed by atoms with Crippen LogP contribution in [0.15, 0.2) is 36.4 Å². The molecule has 8 N–H and O–H groups in total. The van der Waals surface area contributed by atoms with Gasteiger partial charge in [0.1, 0.15) is 5.82 Å². The van der Waals surface area contributed by atoms with Gasteiger partial charge in [0.15, 0.2) is 12.3 Å². The maximum atomic E-state index is 14.9. The average molecular weight is 579 g/mol. The molecule has 0 bridgehead atoms. The first kappa shape index (κ1) is 30.4. The number of rotatable bonds is 10. The minimum absolute atomic E-state index is 0.0908. The molecule has 0 spiro atoms.